The van der Waals surface area contributed by atoms with Gasteiger partial charge in [0.2, 0.25) is 41.4 Å². The fraction of sp³-hybridized carbons (Fsp3) is 0.440. The maximum absolute atomic E-state index is 14.2. The molecule has 9 amide bonds. The van der Waals surface area contributed by atoms with Gasteiger partial charge in [-0.1, -0.05) is 58.0 Å². The number of carbonyl (C=O) groups excluding carboxylic acids is 8. The van der Waals surface area contributed by atoms with Crippen molar-refractivity contribution in [1.82, 2.24) is 42.5 Å². The summed E-state index contributed by atoms with van der Waals surface area (Å²) in [4.78, 5) is 132. The summed E-state index contributed by atoms with van der Waals surface area (Å²) < 4.78 is 5.32. The Morgan fingerprint density at radius 2 is 0.922 bits per heavy atom. The van der Waals surface area contributed by atoms with E-state index in [1.54, 1.807) is 27.7 Å². The second-order valence-corrected chi connectivity index (χ2v) is 18.6. The maximum Gasteiger partial charge on any atom is 0.335 e. The number of primary amides is 1. The Labute approximate surface area is 441 Å². The van der Waals surface area contributed by atoms with Gasteiger partial charge in [-0.25, -0.2) is 9.59 Å². The average Bonchev–Trinajstić information content (AvgIpc) is 3.36. The third-order valence-corrected chi connectivity index (χ3v) is 11.4. The van der Waals surface area contributed by atoms with E-state index in [1.165, 1.54) is 73.8 Å². The van der Waals surface area contributed by atoms with Crippen LogP contribution in [0.25, 0.3) is 0 Å². The van der Waals surface area contributed by atoms with E-state index in [2.05, 4.69) is 37.2 Å². The molecule has 3 aromatic rings. The number of carbonyl (C=O) groups is 10. The summed E-state index contributed by atoms with van der Waals surface area (Å²) in [6.07, 6.45) is -3.84. The summed E-state index contributed by atoms with van der Waals surface area (Å²) in [6, 6.07) is 1.67. The number of aromatic hydroxyl groups is 3. The molecular weight excluding hydrogens is 1010 g/mol. The van der Waals surface area contributed by atoms with Gasteiger partial charge in [-0.2, -0.15) is 0 Å². The number of amides is 9. The lowest BCUT2D eigenvalue weighted by atomic mass is 9.99. The van der Waals surface area contributed by atoms with Crippen molar-refractivity contribution < 1.29 is 88.4 Å². The zero-order valence-electron chi connectivity index (χ0n) is 42.8. The zero-order valence-corrected chi connectivity index (χ0v) is 42.8. The molecule has 8 atom stereocenters. The number of nitrogens with two attached hydrogens (primary N) is 1. The Balaban J connectivity index is 1.95. The molecule has 0 spiro atoms. The molecule has 27 heteroatoms. The fourth-order valence-corrected chi connectivity index (χ4v) is 7.58. The predicted octanol–water partition coefficient (Wildman–Crippen LogP) is -2.48. The van der Waals surface area contributed by atoms with Gasteiger partial charge in [-0.15, -0.1) is 0 Å². The molecule has 3 aromatic carbocycles. The number of phenolic OH excluding ortho intramolecular Hbond substituents is 3. The summed E-state index contributed by atoms with van der Waals surface area (Å²) in [7, 11) is 1.25. The van der Waals surface area contributed by atoms with Gasteiger partial charge in [0.15, 0.2) is 6.10 Å². The minimum Gasteiger partial charge on any atom is -0.508 e. The molecule has 0 radical (unpaired) electrons. The van der Waals surface area contributed by atoms with Crippen LogP contribution < -0.4 is 53.0 Å². The van der Waals surface area contributed by atoms with Crippen LogP contribution in [-0.2, 0) is 62.4 Å². The van der Waals surface area contributed by atoms with Crippen LogP contribution >= 0.6 is 0 Å². The van der Waals surface area contributed by atoms with Gasteiger partial charge in [0, 0.05) is 25.3 Å². The Bertz CT molecular complexity index is 2560. The number of hydrogen-bond donors (Lipinski definition) is 16. The van der Waals surface area contributed by atoms with Crippen LogP contribution in [0.4, 0.5) is 4.79 Å². The van der Waals surface area contributed by atoms with E-state index in [-0.39, 0.29) is 60.2 Å². The highest BCUT2D eigenvalue weighted by molar-refractivity contribution is 5.99. The van der Waals surface area contributed by atoms with Gasteiger partial charge in [-0.3, -0.25) is 38.4 Å². The van der Waals surface area contributed by atoms with Crippen LogP contribution in [-0.4, -0.2) is 164 Å². The van der Waals surface area contributed by atoms with Crippen molar-refractivity contribution in [3.05, 3.63) is 83.4 Å². The molecule has 0 heterocycles. The average molecular weight is 1080 g/mol. The predicted molar refractivity (Wildman–Crippen MR) is 270 cm³/mol. The molecule has 0 unspecified atom stereocenters. The number of urea groups is 1. The smallest absolute Gasteiger partial charge is 0.335 e. The molecule has 27 nitrogen and oxygen atoms in total. The van der Waals surface area contributed by atoms with Crippen LogP contribution in [0.5, 0.6) is 23.0 Å². The standard InChI is InChI=1S/C50H67N9O18/c1-24(2)16-32(42(67)52-22-39(64)65)53-45(70)36(20-28-10-15-31(63)21-38(28)77-5)56-47(72)37(23-60)57-48(73)40(41(66)49(74)75)59-46(71)33(17-25(3)4)54-43(68)34(18-26-6-11-29(61)12-7-26)55-44(69)35(58-50(51)76)19-27-8-13-30(62)14-9-27/h6-15,21,24-25,32-37,40-41,60-63,66H,16-20,22-23H2,1-5H3,(H,52,67)(H,53,70)(H,54,68)(H,55,69)(H,56,72)(H,57,73)(H,59,71)(H,64,65)(H,74,75)(H3,51,58,76)/t32-,33-,34+,35-,36+,37-,40-,41+/m0/s1. The number of aliphatic hydroxyl groups excluding tert-OH is 2. The van der Waals surface area contributed by atoms with Crippen molar-refractivity contribution in [1.29, 1.82) is 0 Å². The number of carboxylic acid groups (broad SMARTS) is 2. The van der Waals surface area contributed by atoms with Crippen LogP contribution in [0.1, 0.15) is 57.2 Å². The third-order valence-electron chi connectivity index (χ3n) is 11.4. The largest absolute Gasteiger partial charge is 0.508 e. The minimum absolute atomic E-state index is 0.00700. The van der Waals surface area contributed by atoms with Crippen molar-refractivity contribution in [3.63, 3.8) is 0 Å². The molecule has 0 aliphatic carbocycles. The monoisotopic (exact) mass is 1080 g/mol. The first-order valence-electron chi connectivity index (χ1n) is 24.0. The van der Waals surface area contributed by atoms with Gasteiger partial charge in [0.1, 0.15) is 71.8 Å². The number of methoxy groups -OCH3 is 1. The summed E-state index contributed by atoms with van der Waals surface area (Å²) >= 11 is 0. The molecule has 0 aromatic heterocycles. The topological polar surface area (TPSA) is 444 Å². The summed E-state index contributed by atoms with van der Waals surface area (Å²) in [5.41, 5.74) is 6.43. The number of phenols is 3. The molecule has 420 valence electrons. The number of benzene rings is 3. The van der Waals surface area contributed by atoms with E-state index in [9.17, 15) is 78.6 Å². The Morgan fingerprint density at radius 3 is 1.35 bits per heavy atom. The molecular formula is C50H67N9O18. The van der Waals surface area contributed by atoms with E-state index < -0.39 is 133 Å². The van der Waals surface area contributed by atoms with E-state index in [1.807, 2.05) is 5.32 Å². The van der Waals surface area contributed by atoms with Gasteiger partial charge < -0.3 is 88.8 Å². The Morgan fingerprint density at radius 1 is 0.519 bits per heavy atom. The molecule has 0 aliphatic rings. The highest BCUT2D eigenvalue weighted by Gasteiger charge is 2.39. The Hall–Kier alpha value is -8.72. The quantitative estimate of drug-likeness (QED) is 0.0329. The summed E-state index contributed by atoms with van der Waals surface area (Å²) in [5, 5.41) is 88.2. The van der Waals surface area contributed by atoms with Gasteiger partial charge in [-0.05, 0) is 71.7 Å². The van der Waals surface area contributed by atoms with Gasteiger partial charge in [0.25, 0.3) is 0 Å². The summed E-state index contributed by atoms with van der Waals surface area (Å²) in [6.45, 7) is 4.66. The summed E-state index contributed by atoms with van der Waals surface area (Å²) in [5.74, 6) is -12.5. The van der Waals surface area contributed by atoms with Gasteiger partial charge >= 0.3 is 18.0 Å². The number of aliphatic hydroxyl groups is 2. The molecule has 0 fully saturated rings. The van der Waals surface area contributed by atoms with E-state index in [0.29, 0.717) is 11.1 Å². The molecule has 0 saturated carbocycles. The lowest BCUT2D eigenvalue weighted by Gasteiger charge is -2.29. The van der Waals surface area contributed by atoms with Crippen molar-refractivity contribution in [2.75, 3.05) is 20.3 Å². The fourth-order valence-electron chi connectivity index (χ4n) is 7.58. The SMILES string of the molecule is COc1cc(O)ccc1C[C@@H](NC(=O)[C@H](CO)NC(=O)[C@@H](NC(=O)[C@H](CC(C)C)NC(=O)[C@@H](Cc1ccc(O)cc1)NC(=O)[C@H](Cc1ccc(O)cc1)NC(N)=O)[C@@H](O)C(=O)O)C(=O)N[C@@H](CC(C)C)C(=O)NCC(=O)O. The third kappa shape index (κ3) is 20.8. The van der Waals surface area contributed by atoms with Crippen molar-refractivity contribution in [3.8, 4) is 23.0 Å². The first-order valence-corrected chi connectivity index (χ1v) is 24.0. The first kappa shape index (κ1) is 62.6. The maximum atomic E-state index is 14.2. The van der Waals surface area contributed by atoms with Crippen molar-refractivity contribution >= 4 is 59.3 Å². The van der Waals surface area contributed by atoms with Crippen molar-refractivity contribution in [2.24, 2.45) is 17.6 Å². The number of ether oxygens (including phenoxy) is 1. The lowest BCUT2D eigenvalue weighted by Crippen LogP contribution is -2.63. The highest BCUT2D eigenvalue weighted by Crippen LogP contribution is 2.25. The van der Waals surface area contributed by atoms with Crippen LogP contribution in [0.15, 0.2) is 66.7 Å². The second kappa shape index (κ2) is 30.0. The van der Waals surface area contributed by atoms with E-state index in [0.717, 1.165) is 0 Å². The van der Waals surface area contributed by atoms with Crippen LogP contribution in [0.2, 0.25) is 0 Å². The van der Waals surface area contributed by atoms with E-state index in [4.69, 9.17) is 15.6 Å². The molecule has 77 heavy (non-hydrogen) atoms. The number of aliphatic carboxylic acids is 2. The number of hydrogen-bond acceptors (Lipinski definition) is 16. The number of rotatable bonds is 30. The first-order chi connectivity index (χ1) is 36.2. The minimum atomic E-state index is -2.74. The Kier molecular flexibility index (Phi) is 24.4. The molecule has 0 aliphatic heterocycles. The molecule has 0 saturated heterocycles. The molecule has 3 rings (SSSR count). The highest BCUT2D eigenvalue weighted by atomic mass is 16.5. The molecule has 17 N–H and O–H groups in total. The van der Waals surface area contributed by atoms with E-state index >= 15 is 0 Å². The lowest BCUT2D eigenvalue weighted by molar-refractivity contribution is -0.152. The van der Waals surface area contributed by atoms with Gasteiger partial charge in [0.05, 0.1) is 13.7 Å². The number of nitrogens with one attached hydrogen (secondary N) is 8. The molecule has 0 bridgehead atoms. The zero-order chi connectivity index (χ0) is 57.7. The van der Waals surface area contributed by atoms with Crippen LogP contribution in [0, 0.1) is 11.8 Å². The van der Waals surface area contributed by atoms with Crippen molar-refractivity contribution in [2.45, 2.75) is 108 Å². The second-order valence-electron chi connectivity index (χ2n) is 18.6. The normalized spacial score (nSPS) is 14.1. The van der Waals surface area contributed by atoms with Crippen LogP contribution in [0.3, 0.4) is 0 Å². The number of carboxylic acids is 2.